The molecule has 0 aliphatic carbocycles. The van der Waals surface area contributed by atoms with E-state index in [9.17, 15) is 18.0 Å². The molecule has 3 heterocycles. The number of aryl methyl sites for hydroxylation is 1. The van der Waals surface area contributed by atoms with E-state index in [0.717, 1.165) is 16.7 Å². The molecule has 0 spiro atoms. The summed E-state index contributed by atoms with van der Waals surface area (Å²) in [6.45, 7) is 1.65. The number of rotatable bonds is 4. The molecule has 3 aromatic rings. The Hall–Kier alpha value is -2.98. The molecule has 11 heteroatoms. The van der Waals surface area contributed by atoms with Gasteiger partial charge in [0.05, 0.1) is 12.1 Å². The maximum Gasteiger partial charge on any atom is 0.417 e. The smallest absolute Gasteiger partial charge is 0.342 e. The van der Waals surface area contributed by atoms with Gasteiger partial charge in [-0.05, 0) is 12.1 Å². The molecule has 8 nitrogen and oxygen atoms in total. The summed E-state index contributed by atoms with van der Waals surface area (Å²) in [6.07, 6.45) is -3.13. The van der Waals surface area contributed by atoms with Crippen molar-refractivity contribution in [2.75, 3.05) is 0 Å². The number of carbonyl (C=O) groups is 1. The quantitative estimate of drug-likeness (QED) is 0.775. The van der Waals surface area contributed by atoms with Gasteiger partial charge in [-0.2, -0.15) is 18.2 Å². The highest BCUT2D eigenvalue weighted by Crippen LogP contribution is 2.29. The van der Waals surface area contributed by atoms with Gasteiger partial charge in [0.25, 0.3) is 11.7 Å². The van der Waals surface area contributed by atoms with Gasteiger partial charge in [0.15, 0.2) is 11.5 Å². The van der Waals surface area contributed by atoms with E-state index >= 15 is 0 Å². The van der Waals surface area contributed by atoms with Gasteiger partial charge in [-0.15, -0.1) is 10.2 Å². The number of alkyl halides is 3. The highest BCUT2D eigenvalue weighted by Gasteiger charge is 2.31. The molecule has 0 saturated carbocycles. The molecule has 0 radical (unpaired) electrons. The third-order valence-electron chi connectivity index (χ3n) is 3.18. The average molecular weight is 340 g/mol. The van der Waals surface area contributed by atoms with Gasteiger partial charge in [-0.25, -0.2) is 0 Å². The van der Waals surface area contributed by atoms with Crippen LogP contribution in [0.25, 0.3) is 5.65 Å². The zero-order valence-corrected chi connectivity index (χ0v) is 12.3. The summed E-state index contributed by atoms with van der Waals surface area (Å²) in [6, 6.07) is 2.12. The Balaban J connectivity index is 1.78. The molecule has 0 bridgehead atoms. The Morgan fingerprint density at radius 3 is 2.79 bits per heavy atom. The van der Waals surface area contributed by atoms with Crippen LogP contribution in [0.4, 0.5) is 13.2 Å². The lowest BCUT2D eigenvalue weighted by molar-refractivity contribution is -0.137. The van der Waals surface area contributed by atoms with Crippen molar-refractivity contribution in [3.63, 3.8) is 0 Å². The molecule has 0 atom stereocenters. The molecule has 3 rings (SSSR count). The van der Waals surface area contributed by atoms with Crippen molar-refractivity contribution in [2.24, 2.45) is 0 Å². The number of nitrogens with zero attached hydrogens (tertiary/aromatic N) is 5. The van der Waals surface area contributed by atoms with Crippen LogP contribution in [0.15, 0.2) is 22.9 Å². The molecule has 3 aromatic heterocycles. The third-order valence-corrected chi connectivity index (χ3v) is 3.18. The molecule has 0 saturated heterocycles. The predicted octanol–water partition coefficient (Wildman–Crippen LogP) is 1.62. The molecule has 0 fully saturated rings. The van der Waals surface area contributed by atoms with Gasteiger partial charge in [-0.3, -0.25) is 9.20 Å². The second kappa shape index (κ2) is 5.91. The zero-order chi connectivity index (χ0) is 17.3. The SMILES string of the molecule is CCc1nc(C(=O)NCc2nnc3ccc(C(F)(F)F)cn23)no1. The van der Waals surface area contributed by atoms with Crippen LogP contribution in [0.3, 0.4) is 0 Å². The second-order valence-corrected chi connectivity index (χ2v) is 4.81. The summed E-state index contributed by atoms with van der Waals surface area (Å²) in [5, 5.41) is 13.5. The largest absolute Gasteiger partial charge is 0.417 e. The van der Waals surface area contributed by atoms with E-state index < -0.39 is 17.6 Å². The van der Waals surface area contributed by atoms with Gasteiger partial charge in [-0.1, -0.05) is 12.1 Å². The summed E-state index contributed by atoms with van der Waals surface area (Å²) in [5.74, 6) is -0.328. The Bertz CT molecular complexity index is 885. The van der Waals surface area contributed by atoms with E-state index in [1.807, 2.05) is 0 Å². The minimum Gasteiger partial charge on any atom is -0.342 e. The van der Waals surface area contributed by atoms with Crippen molar-refractivity contribution in [1.29, 1.82) is 0 Å². The molecule has 24 heavy (non-hydrogen) atoms. The number of halogens is 3. The fourth-order valence-corrected chi connectivity index (χ4v) is 1.96. The normalized spacial score (nSPS) is 11.8. The van der Waals surface area contributed by atoms with Crippen LogP contribution < -0.4 is 5.32 Å². The van der Waals surface area contributed by atoms with Crippen LogP contribution in [0.1, 0.15) is 34.8 Å². The van der Waals surface area contributed by atoms with Gasteiger partial charge in [0.2, 0.25) is 5.89 Å². The van der Waals surface area contributed by atoms with Crippen molar-refractivity contribution in [2.45, 2.75) is 26.1 Å². The molecule has 0 aliphatic rings. The molecule has 0 aliphatic heterocycles. The first-order valence-electron chi connectivity index (χ1n) is 6.90. The van der Waals surface area contributed by atoms with Crippen molar-refractivity contribution in [3.05, 3.63) is 41.4 Å². The maximum atomic E-state index is 12.8. The molecular formula is C13H11F3N6O2. The maximum absolute atomic E-state index is 12.8. The van der Waals surface area contributed by atoms with E-state index in [4.69, 9.17) is 4.52 Å². The van der Waals surface area contributed by atoms with Crippen molar-refractivity contribution in [1.82, 2.24) is 30.1 Å². The first-order valence-corrected chi connectivity index (χ1v) is 6.90. The number of hydrogen-bond donors (Lipinski definition) is 1. The molecular weight excluding hydrogens is 329 g/mol. The van der Waals surface area contributed by atoms with E-state index in [1.165, 1.54) is 6.07 Å². The van der Waals surface area contributed by atoms with Crippen LogP contribution in [-0.4, -0.2) is 30.6 Å². The number of hydrogen-bond acceptors (Lipinski definition) is 6. The van der Waals surface area contributed by atoms with E-state index in [-0.39, 0.29) is 23.8 Å². The summed E-state index contributed by atoms with van der Waals surface area (Å²) < 4.78 is 44.3. The van der Waals surface area contributed by atoms with Crippen molar-refractivity contribution in [3.8, 4) is 0 Å². The zero-order valence-electron chi connectivity index (χ0n) is 12.3. The second-order valence-electron chi connectivity index (χ2n) is 4.81. The Labute approximate surface area is 132 Å². The minimum atomic E-state index is -4.49. The third kappa shape index (κ3) is 3.05. The minimum absolute atomic E-state index is 0.142. The lowest BCUT2D eigenvalue weighted by atomic mass is 10.3. The lowest BCUT2D eigenvalue weighted by Gasteiger charge is -2.07. The highest BCUT2D eigenvalue weighted by molar-refractivity contribution is 5.90. The van der Waals surface area contributed by atoms with E-state index in [0.29, 0.717) is 12.3 Å². The van der Waals surface area contributed by atoms with E-state index in [1.54, 1.807) is 6.92 Å². The Morgan fingerprint density at radius 2 is 2.12 bits per heavy atom. The van der Waals surface area contributed by atoms with Crippen molar-refractivity contribution >= 4 is 11.6 Å². The number of nitrogens with one attached hydrogen (secondary N) is 1. The molecule has 1 amide bonds. The van der Waals surface area contributed by atoms with Crippen LogP contribution in [0.2, 0.25) is 0 Å². The van der Waals surface area contributed by atoms with Gasteiger partial charge in [0.1, 0.15) is 0 Å². The highest BCUT2D eigenvalue weighted by atomic mass is 19.4. The summed E-state index contributed by atoms with van der Waals surface area (Å²) in [4.78, 5) is 15.8. The van der Waals surface area contributed by atoms with Crippen LogP contribution in [-0.2, 0) is 19.1 Å². The summed E-state index contributed by atoms with van der Waals surface area (Å²) in [5.41, 5.74) is -0.604. The molecule has 1 N–H and O–H groups in total. The summed E-state index contributed by atoms with van der Waals surface area (Å²) >= 11 is 0. The molecule has 126 valence electrons. The van der Waals surface area contributed by atoms with Gasteiger partial charge < -0.3 is 9.84 Å². The monoisotopic (exact) mass is 340 g/mol. The van der Waals surface area contributed by atoms with Gasteiger partial charge in [0, 0.05) is 12.6 Å². The fourth-order valence-electron chi connectivity index (χ4n) is 1.96. The Kier molecular flexibility index (Phi) is 3.91. The predicted molar refractivity (Wildman–Crippen MR) is 72.8 cm³/mol. The lowest BCUT2D eigenvalue weighted by Crippen LogP contribution is -2.25. The van der Waals surface area contributed by atoms with Crippen LogP contribution in [0.5, 0.6) is 0 Å². The Morgan fingerprint density at radius 1 is 1.33 bits per heavy atom. The van der Waals surface area contributed by atoms with E-state index in [2.05, 4.69) is 25.7 Å². The number of carbonyl (C=O) groups excluding carboxylic acids is 1. The topological polar surface area (TPSA) is 98.2 Å². The fraction of sp³-hybridized carbons (Fsp3) is 0.308. The number of pyridine rings is 1. The van der Waals surface area contributed by atoms with Gasteiger partial charge >= 0.3 is 6.18 Å². The first kappa shape index (κ1) is 15.9. The van der Waals surface area contributed by atoms with Crippen LogP contribution in [0, 0.1) is 0 Å². The van der Waals surface area contributed by atoms with Crippen LogP contribution >= 0.6 is 0 Å². The standard InChI is InChI=1S/C13H11F3N6O2/c1-2-10-18-11(21-24-10)12(23)17-5-9-20-19-8-4-3-7(6-22(8)9)13(14,15)16/h3-4,6H,2,5H2,1H3,(H,17,23). The molecule has 0 aromatic carbocycles. The molecule has 0 unspecified atom stereocenters. The number of fused-ring (bicyclic) bond motifs is 1. The average Bonchev–Trinajstić information content (AvgIpc) is 3.18. The number of amides is 1. The first-order chi connectivity index (χ1) is 11.4. The summed E-state index contributed by atoms with van der Waals surface area (Å²) in [7, 11) is 0. The van der Waals surface area contributed by atoms with Crippen molar-refractivity contribution < 1.29 is 22.5 Å². The number of aromatic nitrogens is 5.